The molecule has 13 heteroatoms. The number of hydrogen-bond acceptors (Lipinski definition) is 9. The third kappa shape index (κ3) is 5.27. The van der Waals surface area contributed by atoms with Gasteiger partial charge in [0.05, 0.1) is 16.9 Å². The molecule has 2 aromatic carbocycles. The minimum Gasteiger partial charge on any atom is -0.488 e. The van der Waals surface area contributed by atoms with Crippen molar-refractivity contribution in [2.45, 2.75) is 26.4 Å². The minimum atomic E-state index is -0.581. The van der Waals surface area contributed by atoms with Gasteiger partial charge >= 0.3 is 0 Å². The first-order valence-electron chi connectivity index (χ1n) is 10.5. The number of rotatable bonds is 9. The molecule has 1 amide bonds. The first-order chi connectivity index (χ1) is 17.0. The van der Waals surface area contributed by atoms with Gasteiger partial charge in [-0.1, -0.05) is 48.4 Å². The van der Waals surface area contributed by atoms with E-state index in [1.165, 1.54) is 23.0 Å². The number of benzene rings is 2. The number of carbonyl (C=O) groups excluding carboxylic acids is 1. The Morgan fingerprint density at radius 2 is 2.11 bits per heavy atom. The lowest BCUT2D eigenvalue weighted by Crippen LogP contribution is -2.20. The van der Waals surface area contributed by atoms with Gasteiger partial charge in [-0.3, -0.25) is 4.79 Å². The normalized spacial score (nSPS) is 11.2. The van der Waals surface area contributed by atoms with Crippen LogP contribution in [0.5, 0.6) is 5.75 Å². The summed E-state index contributed by atoms with van der Waals surface area (Å²) in [5.41, 5.74) is 9.50. The SMILES string of the molecule is CCCc1c(C(=O)N/N=C/c2ccccc2OCc2c(F)cccc2Cl)nnn1-c1nonc1N. The molecule has 0 aliphatic carbocycles. The fraction of sp³-hybridized carbons (Fsp3) is 0.182. The lowest BCUT2D eigenvalue weighted by molar-refractivity contribution is 0.0949. The number of nitrogen functional groups attached to an aromatic ring is 1. The molecular weight excluding hydrogens is 479 g/mol. The van der Waals surface area contributed by atoms with Crippen LogP contribution >= 0.6 is 11.6 Å². The number of anilines is 1. The van der Waals surface area contributed by atoms with Crippen molar-refractivity contribution in [1.29, 1.82) is 0 Å². The summed E-state index contributed by atoms with van der Waals surface area (Å²) in [6.45, 7) is 1.86. The van der Waals surface area contributed by atoms with Crippen LogP contribution in [0.4, 0.5) is 10.2 Å². The summed E-state index contributed by atoms with van der Waals surface area (Å²) in [5, 5.41) is 19.4. The number of halogens is 2. The second-order valence-electron chi connectivity index (χ2n) is 7.25. The van der Waals surface area contributed by atoms with E-state index in [1.54, 1.807) is 30.3 Å². The van der Waals surface area contributed by atoms with Gasteiger partial charge in [-0.05, 0) is 41.0 Å². The molecule has 0 radical (unpaired) electrons. The van der Waals surface area contributed by atoms with E-state index >= 15 is 0 Å². The van der Waals surface area contributed by atoms with Gasteiger partial charge in [0.1, 0.15) is 18.2 Å². The van der Waals surface area contributed by atoms with Crippen LogP contribution in [0.15, 0.2) is 52.2 Å². The molecule has 3 N–H and O–H groups in total. The van der Waals surface area contributed by atoms with Crippen LogP contribution in [0.3, 0.4) is 0 Å². The van der Waals surface area contributed by atoms with Crippen molar-refractivity contribution < 1.29 is 18.6 Å². The third-order valence-corrected chi connectivity index (χ3v) is 5.24. The van der Waals surface area contributed by atoms with Gasteiger partial charge in [-0.25, -0.2) is 14.4 Å². The number of nitrogens with one attached hydrogen (secondary N) is 1. The molecule has 0 saturated carbocycles. The third-order valence-electron chi connectivity index (χ3n) is 4.88. The number of hydrazone groups is 1. The molecule has 0 spiro atoms. The Labute approximate surface area is 203 Å². The highest BCUT2D eigenvalue weighted by Gasteiger charge is 2.23. The Morgan fingerprint density at radius 1 is 1.29 bits per heavy atom. The minimum absolute atomic E-state index is 0.0190. The van der Waals surface area contributed by atoms with Crippen LogP contribution in [0, 0.1) is 5.82 Å². The van der Waals surface area contributed by atoms with Gasteiger partial charge < -0.3 is 10.5 Å². The first kappa shape index (κ1) is 23.8. The van der Waals surface area contributed by atoms with Crippen molar-refractivity contribution in [1.82, 2.24) is 30.7 Å². The molecule has 0 aliphatic rings. The van der Waals surface area contributed by atoms with E-state index in [1.807, 2.05) is 6.92 Å². The lowest BCUT2D eigenvalue weighted by atomic mass is 10.2. The van der Waals surface area contributed by atoms with E-state index < -0.39 is 11.7 Å². The maximum atomic E-state index is 14.0. The van der Waals surface area contributed by atoms with Crippen molar-refractivity contribution in [2.75, 3.05) is 5.73 Å². The number of nitrogens with two attached hydrogens (primary N) is 1. The second-order valence-corrected chi connectivity index (χ2v) is 7.65. The molecule has 0 unspecified atom stereocenters. The monoisotopic (exact) mass is 498 g/mol. The molecule has 0 atom stereocenters. The summed E-state index contributed by atoms with van der Waals surface area (Å²) in [4.78, 5) is 12.7. The van der Waals surface area contributed by atoms with Gasteiger partial charge in [0.2, 0.25) is 11.6 Å². The average molecular weight is 499 g/mol. The Bertz CT molecular complexity index is 1350. The van der Waals surface area contributed by atoms with E-state index in [2.05, 4.69) is 35.8 Å². The van der Waals surface area contributed by atoms with E-state index in [0.29, 0.717) is 29.8 Å². The molecular formula is C22H20ClFN8O3. The molecule has 0 aliphatic heterocycles. The second kappa shape index (κ2) is 10.7. The van der Waals surface area contributed by atoms with Crippen LogP contribution in [0.1, 0.15) is 40.7 Å². The number of para-hydroxylation sites is 1. The van der Waals surface area contributed by atoms with Crippen molar-refractivity contribution in [3.8, 4) is 11.6 Å². The molecule has 4 rings (SSSR count). The number of aromatic nitrogens is 5. The highest BCUT2D eigenvalue weighted by Crippen LogP contribution is 2.23. The highest BCUT2D eigenvalue weighted by atomic mass is 35.5. The Hall–Kier alpha value is -4.32. The number of nitrogens with zero attached hydrogens (tertiary/aromatic N) is 6. The van der Waals surface area contributed by atoms with Crippen molar-refractivity contribution in [2.24, 2.45) is 5.10 Å². The summed E-state index contributed by atoms with van der Waals surface area (Å²) in [6.07, 6.45) is 2.58. The average Bonchev–Trinajstić information content (AvgIpc) is 3.45. The smallest absolute Gasteiger partial charge is 0.293 e. The summed E-state index contributed by atoms with van der Waals surface area (Å²) in [5.74, 6) is -0.455. The molecule has 2 aromatic heterocycles. The van der Waals surface area contributed by atoms with Gasteiger partial charge in [-0.2, -0.15) is 9.78 Å². The van der Waals surface area contributed by atoms with E-state index in [9.17, 15) is 9.18 Å². The molecule has 0 saturated heterocycles. The van der Waals surface area contributed by atoms with Crippen LogP contribution in [-0.4, -0.2) is 37.4 Å². The van der Waals surface area contributed by atoms with Crippen molar-refractivity contribution >= 4 is 29.5 Å². The predicted octanol–water partition coefficient (Wildman–Crippen LogP) is 3.32. The largest absolute Gasteiger partial charge is 0.488 e. The Balaban J connectivity index is 1.48. The van der Waals surface area contributed by atoms with Crippen molar-refractivity contribution in [3.05, 3.63) is 75.8 Å². The van der Waals surface area contributed by atoms with Gasteiger partial charge in [0, 0.05) is 11.1 Å². The molecule has 2 heterocycles. The molecule has 0 bridgehead atoms. The Kier molecular flexibility index (Phi) is 7.31. The molecule has 0 fully saturated rings. The summed E-state index contributed by atoms with van der Waals surface area (Å²) in [6, 6.07) is 11.4. The highest BCUT2D eigenvalue weighted by molar-refractivity contribution is 6.31. The van der Waals surface area contributed by atoms with Gasteiger partial charge in [0.15, 0.2) is 5.69 Å². The molecule has 35 heavy (non-hydrogen) atoms. The standard InChI is InChI=1S/C22H20ClFN8O3/c1-2-6-17-19(27-31-32(17)21-20(25)29-35-30-21)22(33)28-26-11-13-7-3-4-10-18(13)34-12-14-15(23)8-5-9-16(14)24/h3-5,7-11H,2,6,12H2,1H3,(H2,25,29)(H,28,33)/b26-11+. The van der Waals surface area contributed by atoms with Crippen LogP contribution < -0.4 is 15.9 Å². The summed E-state index contributed by atoms with van der Waals surface area (Å²) >= 11 is 6.06. The quantitative estimate of drug-likeness (QED) is 0.264. The lowest BCUT2D eigenvalue weighted by Gasteiger charge is -2.10. The fourth-order valence-corrected chi connectivity index (χ4v) is 3.42. The summed E-state index contributed by atoms with van der Waals surface area (Å²) in [7, 11) is 0. The van der Waals surface area contributed by atoms with E-state index in [4.69, 9.17) is 22.1 Å². The molecule has 11 nitrogen and oxygen atoms in total. The zero-order valence-electron chi connectivity index (χ0n) is 18.5. The number of hydrogen-bond donors (Lipinski definition) is 2. The topological polar surface area (TPSA) is 146 Å². The van der Waals surface area contributed by atoms with Crippen molar-refractivity contribution in [3.63, 3.8) is 0 Å². The number of ether oxygens (including phenoxy) is 1. The van der Waals surface area contributed by atoms with E-state index in [0.717, 1.165) is 0 Å². The van der Waals surface area contributed by atoms with Gasteiger partial charge in [-0.15, -0.1) is 5.10 Å². The van der Waals surface area contributed by atoms with Crippen LogP contribution in [-0.2, 0) is 13.0 Å². The zero-order chi connectivity index (χ0) is 24.8. The molecule has 180 valence electrons. The fourth-order valence-electron chi connectivity index (χ4n) is 3.20. The maximum absolute atomic E-state index is 14.0. The first-order valence-corrected chi connectivity index (χ1v) is 10.9. The molecule has 4 aromatic rings. The number of carbonyl (C=O) groups is 1. The van der Waals surface area contributed by atoms with Gasteiger partial charge in [0.25, 0.3) is 5.91 Å². The zero-order valence-corrected chi connectivity index (χ0v) is 19.2. The van der Waals surface area contributed by atoms with E-state index in [-0.39, 0.29) is 34.5 Å². The van der Waals surface area contributed by atoms with Crippen LogP contribution in [0.2, 0.25) is 5.02 Å². The predicted molar refractivity (Wildman–Crippen MR) is 125 cm³/mol. The number of amides is 1. The Morgan fingerprint density at radius 3 is 2.86 bits per heavy atom. The summed E-state index contributed by atoms with van der Waals surface area (Å²) < 4.78 is 25.7. The maximum Gasteiger partial charge on any atom is 0.293 e. The van der Waals surface area contributed by atoms with Crippen LogP contribution in [0.25, 0.3) is 5.82 Å².